The average molecular weight is 588 g/mol. The molecule has 2 bridgehead atoms. The minimum atomic E-state index is -4.66. The van der Waals surface area contributed by atoms with E-state index in [1.807, 2.05) is 0 Å². The Morgan fingerprint density at radius 2 is 1.57 bits per heavy atom. The molecule has 2 amide bonds. The maximum Gasteiger partial charge on any atom is 0.522 e. The number of carbonyl (C=O) groups excluding carboxylic acids is 2. The molecule has 13 heteroatoms. The van der Waals surface area contributed by atoms with Gasteiger partial charge in [-0.15, -0.1) is 13.2 Å². The van der Waals surface area contributed by atoms with Crippen molar-refractivity contribution in [2.75, 3.05) is 13.2 Å². The number of hydrogen-bond acceptors (Lipinski definition) is 5. The number of carbonyl (C=O) groups is 2. The summed E-state index contributed by atoms with van der Waals surface area (Å²) < 4.78 is 65.1. The third-order valence-corrected chi connectivity index (χ3v) is 7.92. The van der Waals surface area contributed by atoms with E-state index in [9.17, 15) is 27.2 Å². The summed E-state index contributed by atoms with van der Waals surface area (Å²) in [5, 5.41) is 5.82. The Hall–Kier alpha value is -1.63. The predicted molar refractivity (Wildman–Crippen MR) is 119 cm³/mol. The van der Waals surface area contributed by atoms with Gasteiger partial charge in [0.1, 0.15) is 18.2 Å². The number of amides is 2. The molecule has 1 aromatic carbocycles. The molecule has 7 nitrogen and oxygen atoms in total. The molecule has 2 N–H and O–H groups in total. The molecule has 1 aromatic rings. The number of alkyl halides is 3. The number of nitrogens with one attached hydrogen (secondary N) is 2. The molecule has 0 saturated heterocycles. The Labute approximate surface area is 212 Å². The van der Waals surface area contributed by atoms with Crippen LogP contribution in [-0.2, 0) is 19.1 Å². The summed E-state index contributed by atoms with van der Waals surface area (Å²) in [5.41, 5.74) is 0. The zero-order valence-corrected chi connectivity index (χ0v) is 20.7. The summed E-state index contributed by atoms with van der Waals surface area (Å²) >= 11 is 8.86. The van der Waals surface area contributed by atoms with Crippen LogP contribution in [0.3, 0.4) is 0 Å². The number of benzene rings is 1. The maximum absolute atomic E-state index is 13.7. The van der Waals surface area contributed by atoms with Crippen LogP contribution in [0.2, 0.25) is 5.02 Å². The Bertz CT molecular complexity index is 939. The molecule has 0 spiro atoms. The average Bonchev–Trinajstić information content (AvgIpc) is 3.31. The van der Waals surface area contributed by atoms with Crippen LogP contribution < -0.4 is 15.4 Å². The highest BCUT2D eigenvalue weighted by molar-refractivity contribution is 9.10. The van der Waals surface area contributed by atoms with Crippen molar-refractivity contribution in [3.05, 3.63) is 27.4 Å². The lowest BCUT2D eigenvalue weighted by Gasteiger charge is -2.35. The molecule has 0 aliphatic heterocycles. The van der Waals surface area contributed by atoms with Crippen molar-refractivity contribution in [3.63, 3.8) is 0 Å². The molecular weight excluding hydrogens is 564 g/mol. The van der Waals surface area contributed by atoms with E-state index in [0.29, 0.717) is 17.3 Å². The van der Waals surface area contributed by atoms with E-state index in [1.54, 1.807) is 0 Å². The number of fused-ring (bicyclic) bond motifs is 2. The molecule has 0 radical (unpaired) electrons. The fraction of sp³-hybridized carbons (Fsp3) is 0.636. The molecular formula is C22H24BrClF4N2O5. The molecule has 4 rings (SSSR count). The molecule has 35 heavy (non-hydrogen) atoms. The van der Waals surface area contributed by atoms with Gasteiger partial charge in [-0.1, -0.05) is 11.6 Å². The third-order valence-electron chi connectivity index (χ3n) is 6.68. The van der Waals surface area contributed by atoms with E-state index >= 15 is 0 Å². The van der Waals surface area contributed by atoms with Gasteiger partial charge in [0.15, 0.2) is 6.61 Å². The van der Waals surface area contributed by atoms with Crippen LogP contribution in [0, 0.1) is 17.7 Å². The van der Waals surface area contributed by atoms with E-state index in [-0.39, 0.29) is 72.6 Å². The lowest BCUT2D eigenvalue weighted by molar-refractivity contribution is -0.357. The minimum absolute atomic E-state index is 0.0300. The molecule has 3 saturated carbocycles. The SMILES string of the molecule is O=C(COc1cc(F)c(Cl)c(Br)c1)N[C@H]1C[C@H]2C[C@@H]1C[C@@H]2NC(=O)CO[C@H]1C[C@@H](OC(F)(F)F)C1. The molecule has 3 aliphatic rings. The van der Waals surface area contributed by atoms with E-state index in [1.165, 1.54) is 6.07 Å². The summed E-state index contributed by atoms with van der Waals surface area (Å²) in [5.74, 6) is -0.684. The van der Waals surface area contributed by atoms with Crippen molar-refractivity contribution in [2.45, 2.75) is 62.8 Å². The fourth-order valence-corrected chi connectivity index (χ4v) is 5.55. The second-order valence-corrected chi connectivity index (χ2v) is 10.4. The van der Waals surface area contributed by atoms with Crippen molar-refractivity contribution in [1.82, 2.24) is 10.6 Å². The van der Waals surface area contributed by atoms with Gasteiger partial charge < -0.3 is 20.1 Å². The van der Waals surface area contributed by atoms with E-state index in [2.05, 4.69) is 31.3 Å². The van der Waals surface area contributed by atoms with Crippen molar-refractivity contribution < 1.29 is 41.4 Å². The van der Waals surface area contributed by atoms with Crippen LogP contribution in [0.4, 0.5) is 17.6 Å². The molecule has 194 valence electrons. The first-order valence-electron chi connectivity index (χ1n) is 11.2. The molecule has 0 heterocycles. The predicted octanol–water partition coefficient (Wildman–Crippen LogP) is 4.10. The Morgan fingerprint density at radius 1 is 0.971 bits per heavy atom. The summed E-state index contributed by atoms with van der Waals surface area (Å²) in [6, 6.07) is 2.52. The normalized spacial score (nSPS) is 29.5. The van der Waals surface area contributed by atoms with Crippen molar-refractivity contribution in [3.8, 4) is 5.75 Å². The Morgan fingerprint density at radius 3 is 2.11 bits per heavy atom. The standard InChI is InChI=1S/C22H24BrClF4N2O5/c23-15-6-13(7-16(25)21(15)24)34-9-20(32)30-18-3-10-1-11(18)2-17(10)29-19(31)8-33-12-4-14(5-12)35-22(26,27)28/h6-7,10-12,14,17-18H,1-5,8-9H2,(H,29,31)(H,30,32)/t10-,11-,12-,14+,17+,18+/m1/s1. The summed E-state index contributed by atoms with van der Waals surface area (Å²) in [6.07, 6.45) is -3.49. The van der Waals surface area contributed by atoms with Gasteiger partial charge in [0.2, 0.25) is 5.91 Å². The minimum Gasteiger partial charge on any atom is -0.484 e. The van der Waals surface area contributed by atoms with Crippen LogP contribution >= 0.6 is 27.5 Å². The van der Waals surface area contributed by atoms with E-state index in [4.69, 9.17) is 21.1 Å². The summed E-state index contributed by atoms with van der Waals surface area (Å²) in [4.78, 5) is 24.5. The van der Waals surface area contributed by atoms with Crippen LogP contribution in [0.5, 0.6) is 5.75 Å². The lowest BCUT2D eigenvalue weighted by atomic mass is 9.91. The molecule has 3 fully saturated rings. The van der Waals surface area contributed by atoms with Gasteiger partial charge in [0, 0.05) is 35.5 Å². The highest BCUT2D eigenvalue weighted by Gasteiger charge is 2.47. The first-order valence-corrected chi connectivity index (χ1v) is 12.4. The molecule has 4 atom stereocenters. The van der Waals surface area contributed by atoms with Crippen molar-refractivity contribution in [2.24, 2.45) is 11.8 Å². The zero-order chi connectivity index (χ0) is 25.3. The van der Waals surface area contributed by atoms with Gasteiger partial charge in [0.25, 0.3) is 5.91 Å². The molecule has 0 aromatic heterocycles. The van der Waals surface area contributed by atoms with Gasteiger partial charge in [-0.2, -0.15) is 0 Å². The van der Waals surface area contributed by atoms with Crippen LogP contribution in [0.25, 0.3) is 0 Å². The van der Waals surface area contributed by atoms with Crippen LogP contribution in [0.15, 0.2) is 16.6 Å². The largest absolute Gasteiger partial charge is 0.522 e. The number of ether oxygens (including phenoxy) is 3. The van der Waals surface area contributed by atoms with Gasteiger partial charge >= 0.3 is 6.36 Å². The Balaban J connectivity index is 1.12. The quantitative estimate of drug-likeness (QED) is 0.336. The highest BCUT2D eigenvalue weighted by Crippen LogP contribution is 2.45. The van der Waals surface area contributed by atoms with Gasteiger partial charge in [-0.25, -0.2) is 4.39 Å². The first kappa shape index (κ1) is 26.4. The highest BCUT2D eigenvalue weighted by atomic mass is 79.9. The van der Waals surface area contributed by atoms with E-state index < -0.39 is 24.4 Å². The van der Waals surface area contributed by atoms with Crippen LogP contribution in [-0.4, -0.2) is 55.7 Å². The topological polar surface area (TPSA) is 85.9 Å². The lowest BCUT2D eigenvalue weighted by Crippen LogP contribution is -2.48. The Kier molecular flexibility index (Phi) is 8.14. The second kappa shape index (κ2) is 10.8. The molecule has 0 unspecified atom stereocenters. The van der Waals surface area contributed by atoms with E-state index in [0.717, 1.165) is 12.5 Å². The number of halogens is 6. The van der Waals surface area contributed by atoms with Crippen LogP contribution in [0.1, 0.15) is 32.1 Å². The maximum atomic E-state index is 13.7. The third kappa shape index (κ3) is 6.99. The summed E-state index contributed by atoms with van der Waals surface area (Å²) in [7, 11) is 0. The molecule has 3 aliphatic carbocycles. The first-order chi connectivity index (χ1) is 16.5. The number of rotatable bonds is 9. The summed E-state index contributed by atoms with van der Waals surface area (Å²) in [6.45, 7) is -0.481. The smallest absolute Gasteiger partial charge is 0.484 e. The monoisotopic (exact) mass is 586 g/mol. The van der Waals surface area contributed by atoms with Gasteiger partial charge in [-0.3, -0.25) is 14.3 Å². The fourth-order valence-electron chi connectivity index (χ4n) is 5.02. The van der Waals surface area contributed by atoms with Gasteiger partial charge in [0.05, 0.1) is 17.2 Å². The number of hydrogen-bond donors (Lipinski definition) is 2. The van der Waals surface area contributed by atoms with Crippen molar-refractivity contribution in [1.29, 1.82) is 0 Å². The zero-order valence-electron chi connectivity index (χ0n) is 18.4. The second-order valence-electron chi connectivity index (χ2n) is 9.15. The van der Waals surface area contributed by atoms with Crippen molar-refractivity contribution >= 4 is 39.3 Å². The van der Waals surface area contributed by atoms with Gasteiger partial charge in [-0.05, 0) is 53.1 Å².